The van der Waals surface area contributed by atoms with Gasteiger partial charge in [0.15, 0.2) is 24.4 Å². The van der Waals surface area contributed by atoms with Crippen LogP contribution < -0.4 is 49.9 Å². The third-order valence-corrected chi connectivity index (χ3v) is 15.6. The summed E-state index contributed by atoms with van der Waals surface area (Å²) in [4.78, 5) is 171. The number of nitrogens with one attached hydrogen (secondary N) is 3. The van der Waals surface area contributed by atoms with Crippen LogP contribution in [0.3, 0.4) is 0 Å². The summed E-state index contributed by atoms with van der Waals surface area (Å²) in [5, 5.41) is 8.29. The zero-order chi connectivity index (χ0) is 81.2. The Bertz CT molecular complexity index is 3440. The van der Waals surface area contributed by atoms with Crippen molar-refractivity contribution in [3.05, 3.63) is 95.1 Å². The summed E-state index contributed by atoms with van der Waals surface area (Å²) >= 11 is 0. The SMILES string of the molecule is CC(=O)Cc1ccc(NC(=O)NCCCCCOC(=O)C(C)OC(=O)C(C)OC(=O)OCC(C)(COC(C)=O)C(=O)OCCC[N+](C)(C)C)cc1.CC(=O)OCC(C)(COC(=O)OC(C)C(=O)OC(C)C(=O)OCCCCCCC(=O)Cc1ccc(NC(=O)c2ccc(C)cc2)cc1)C(=O)OCCC[N+](C)(C)C.[Br-].[Br-]. The zero-order valence-corrected chi connectivity index (χ0v) is 69.4. The van der Waals surface area contributed by atoms with E-state index in [2.05, 4.69) is 16.0 Å². The third-order valence-electron chi connectivity index (χ3n) is 15.6. The van der Waals surface area contributed by atoms with Crippen LogP contribution in [0.5, 0.6) is 0 Å². The first-order valence-corrected chi connectivity index (χ1v) is 35.8. The number of rotatable bonds is 46. The van der Waals surface area contributed by atoms with E-state index in [1.807, 2.05) is 73.5 Å². The molecule has 3 rings (SSSR count). The number of esters is 8. The average Bonchev–Trinajstić information content (AvgIpc) is 0.858. The maximum absolute atomic E-state index is 12.8. The van der Waals surface area contributed by atoms with Crippen molar-refractivity contribution < 1.29 is 167 Å². The molecule has 616 valence electrons. The Kier molecular flexibility index (Phi) is 47.8. The van der Waals surface area contributed by atoms with Gasteiger partial charge in [-0.1, -0.05) is 54.8 Å². The molecule has 6 atom stereocenters. The summed E-state index contributed by atoms with van der Waals surface area (Å²) in [6.07, 6.45) is -1.45. The van der Waals surface area contributed by atoms with Crippen LogP contribution in [0.4, 0.5) is 25.8 Å². The second-order valence-corrected chi connectivity index (χ2v) is 28.7. The molecule has 0 saturated carbocycles. The highest BCUT2D eigenvalue weighted by Crippen LogP contribution is 2.24. The Balaban J connectivity index is 0.00000214. The van der Waals surface area contributed by atoms with E-state index in [0.717, 1.165) is 43.1 Å². The molecule has 0 spiro atoms. The molecule has 0 radical (unpaired) electrons. The molecule has 3 aromatic carbocycles. The summed E-state index contributed by atoms with van der Waals surface area (Å²) in [6, 6.07) is 21.1. The molecule has 33 heteroatoms. The molecule has 3 aromatic rings. The fourth-order valence-electron chi connectivity index (χ4n) is 9.19. The first-order valence-electron chi connectivity index (χ1n) is 35.8. The van der Waals surface area contributed by atoms with Gasteiger partial charge in [0.2, 0.25) is 0 Å². The summed E-state index contributed by atoms with van der Waals surface area (Å²) in [5.74, 6) is -6.48. The monoisotopic (exact) mass is 1680 g/mol. The van der Waals surface area contributed by atoms with Gasteiger partial charge >= 0.3 is 66.1 Å². The first kappa shape index (κ1) is 101. The molecular formula is C77H113Br2N5O26. The number of urea groups is 1. The minimum atomic E-state index is -1.54. The van der Waals surface area contributed by atoms with Gasteiger partial charge in [-0.05, 0) is 135 Å². The molecule has 6 unspecified atom stereocenters. The standard InChI is InChI=1S/C42H58N2O13.C35H53N3O13.2BrH/c1-29-15-19-34(20-16-29)37(47)43-35-21-17-33(18-22-35)26-36(46)14-11-9-10-12-24-52-38(48)30(2)56-39(49)31(3)57-41(51)55-28-42(5,27-54-32(4)45)40(50)53-25-13-23-44(6,7)8;1-24(39)21-28-13-15-29(16-14-28)37-33(44)36-17-10-9-11-19-46-30(41)25(2)50-31(42)26(3)51-34(45)49-23-35(5,22-48-27(4)40)32(43)47-20-12-18-38(6,7)8;;/h15-22,30-31H,9-14,23-28H2,1-8H3;13-16,25-26H,9-12,17-23H2,1-8H3,(H-,36,37,44);2*1H. The normalized spacial score (nSPS) is 13.0. The number of quaternary nitrogens is 2. The minimum Gasteiger partial charge on any atom is -1.00 e. The number of carbonyl (C=O) groups is 14. The number of anilines is 2. The number of benzene rings is 3. The predicted molar refractivity (Wildman–Crippen MR) is 392 cm³/mol. The second-order valence-electron chi connectivity index (χ2n) is 28.7. The van der Waals surface area contributed by atoms with Crippen molar-refractivity contribution in [1.29, 1.82) is 0 Å². The molecular weight excluding hydrogens is 1570 g/mol. The molecule has 31 nitrogen and oxygen atoms in total. The lowest BCUT2D eigenvalue weighted by molar-refractivity contribution is -0.870. The van der Waals surface area contributed by atoms with E-state index in [0.29, 0.717) is 96.7 Å². The predicted octanol–water partition coefficient (Wildman–Crippen LogP) is 2.88. The lowest BCUT2D eigenvalue weighted by atomic mass is 9.93. The lowest BCUT2D eigenvalue weighted by Crippen LogP contribution is -3.00. The fraction of sp³-hybridized carbons (Fsp3) is 0.584. The highest BCUT2D eigenvalue weighted by atomic mass is 79.9. The average molecular weight is 1680 g/mol. The lowest BCUT2D eigenvalue weighted by Gasteiger charge is -2.27. The summed E-state index contributed by atoms with van der Waals surface area (Å²) in [5.41, 5.74) is 1.51. The van der Waals surface area contributed by atoms with Crippen LogP contribution in [0.25, 0.3) is 0 Å². The number of hydrogen-bond donors (Lipinski definition) is 3. The quantitative estimate of drug-likeness (QED) is 0.0317. The molecule has 3 N–H and O–H groups in total. The zero-order valence-electron chi connectivity index (χ0n) is 66.3. The number of ketones is 2. The van der Waals surface area contributed by atoms with Crippen LogP contribution in [0.2, 0.25) is 0 Å². The Morgan fingerprint density at radius 3 is 1.19 bits per heavy atom. The van der Waals surface area contributed by atoms with Crippen molar-refractivity contribution >= 4 is 94.9 Å². The van der Waals surface area contributed by atoms with Gasteiger partial charge in [0.05, 0.1) is 81.8 Å². The van der Waals surface area contributed by atoms with Crippen molar-refractivity contribution in [2.24, 2.45) is 10.8 Å². The molecule has 0 saturated heterocycles. The highest BCUT2D eigenvalue weighted by molar-refractivity contribution is 6.04. The molecule has 0 bridgehead atoms. The fourth-order valence-corrected chi connectivity index (χ4v) is 9.19. The largest absolute Gasteiger partial charge is 1.00 e. The molecule has 0 aromatic heterocycles. The van der Waals surface area contributed by atoms with Gasteiger partial charge in [-0.3, -0.25) is 33.6 Å². The number of ether oxygens (including phenoxy) is 12. The van der Waals surface area contributed by atoms with Crippen LogP contribution in [0.1, 0.15) is 154 Å². The van der Waals surface area contributed by atoms with E-state index in [1.54, 1.807) is 48.5 Å². The Morgan fingerprint density at radius 1 is 0.409 bits per heavy atom. The second kappa shape index (κ2) is 52.2. The van der Waals surface area contributed by atoms with Gasteiger partial charge in [0.25, 0.3) is 5.91 Å². The molecule has 0 aliphatic rings. The van der Waals surface area contributed by atoms with E-state index < -0.39 is 122 Å². The number of amides is 3. The van der Waals surface area contributed by atoms with Gasteiger partial charge in [0.1, 0.15) is 48.8 Å². The number of Topliss-reactive ketones (excluding diaryl/α,β-unsaturated/α-hetero) is 2. The van der Waals surface area contributed by atoms with Crippen LogP contribution in [-0.4, -0.2) is 232 Å². The minimum absolute atomic E-state index is 0. The van der Waals surface area contributed by atoms with E-state index in [9.17, 15) is 67.1 Å². The molecule has 0 aliphatic heterocycles. The number of aryl methyl sites for hydroxylation is 1. The molecule has 3 amide bonds. The molecule has 0 aliphatic carbocycles. The first-order chi connectivity index (χ1) is 50.6. The van der Waals surface area contributed by atoms with Crippen LogP contribution in [0.15, 0.2) is 72.8 Å². The van der Waals surface area contributed by atoms with Crippen molar-refractivity contribution in [1.82, 2.24) is 5.32 Å². The van der Waals surface area contributed by atoms with Crippen molar-refractivity contribution in [2.75, 3.05) is 125 Å². The van der Waals surface area contributed by atoms with E-state index in [1.165, 1.54) is 55.4 Å². The topological polar surface area (TPSA) is 386 Å². The maximum atomic E-state index is 12.8. The van der Waals surface area contributed by atoms with E-state index >= 15 is 0 Å². The van der Waals surface area contributed by atoms with Crippen LogP contribution in [0, 0.1) is 17.8 Å². The number of carbonyl (C=O) groups excluding carboxylic acids is 14. The van der Waals surface area contributed by atoms with Crippen molar-refractivity contribution in [3.63, 3.8) is 0 Å². The maximum Gasteiger partial charge on any atom is 0.509 e. The molecule has 0 heterocycles. The number of unbranched alkanes of at least 4 members (excludes halogenated alkanes) is 5. The number of hydrogen-bond acceptors (Lipinski definition) is 26. The van der Waals surface area contributed by atoms with Crippen molar-refractivity contribution in [3.8, 4) is 0 Å². The Labute approximate surface area is 665 Å². The van der Waals surface area contributed by atoms with Gasteiger partial charge in [-0.2, -0.15) is 0 Å². The summed E-state index contributed by atoms with van der Waals surface area (Å²) < 4.78 is 62.5. The number of nitrogens with zero attached hydrogens (tertiary/aromatic N) is 2. The number of halogens is 2. The summed E-state index contributed by atoms with van der Waals surface area (Å²) in [7, 11) is 12.0. The van der Waals surface area contributed by atoms with Gasteiger partial charge in [-0.25, -0.2) is 33.6 Å². The van der Waals surface area contributed by atoms with Crippen LogP contribution >= 0.6 is 0 Å². The third kappa shape index (κ3) is 45.2. The highest BCUT2D eigenvalue weighted by Gasteiger charge is 2.41. The van der Waals surface area contributed by atoms with Gasteiger partial charge < -0.3 is 116 Å². The summed E-state index contributed by atoms with van der Waals surface area (Å²) in [6.45, 7) is 13.9. The smallest absolute Gasteiger partial charge is 0.509 e. The molecule has 0 fully saturated rings. The van der Waals surface area contributed by atoms with Gasteiger partial charge in [0, 0.05) is 69.4 Å². The van der Waals surface area contributed by atoms with E-state index in [4.69, 9.17) is 56.8 Å². The Morgan fingerprint density at radius 2 is 0.782 bits per heavy atom. The van der Waals surface area contributed by atoms with Crippen molar-refractivity contribution in [2.45, 2.75) is 171 Å². The van der Waals surface area contributed by atoms with E-state index in [-0.39, 0.29) is 90.3 Å². The van der Waals surface area contributed by atoms with Gasteiger partial charge in [-0.15, -0.1) is 0 Å². The van der Waals surface area contributed by atoms with Crippen LogP contribution in [-0.2, 0) is 118 Å². The molecule has 110 heavy (non-hydrogen) atoms. The Hall–Kier alpha value is -9.08.